The van der Waals surface area contributed by atoms with Crippen LogP contribution in [0, 0.1) is 5.41 Å². The second-order valence-corrected chi connectivity index (χ2v) is 12.1. The topological polar surface area (TPSA) is 135 Å². The highest BCUT2D eigenvalue weighted by Crippen LogP contribution is 2.42. The first kappa shape index (κ1) is 31.8. The number of carbonyl (C=O) groups is 2. The summed E-state index contributed by atoms with van der Waals surface area (Å²) < 4.78 is 117. The van der Waals surface area contributed by atoms with Crippen molar-refractivity contribution in [2.75, 3.05) is 16.2 Å². The Morgan fingerprint density at radius 2 is 1.73 bits per heavy atom. The molecule has 0 aliphatic carbocycles. The number of alkyl halides is 6. The van der Waals surface area contributed by atoms with Gasteiger partial charge in [-0.05, 0) is 52.0 Å². The summed E-state index contributed by atoms with van der Waals surface area (Å²) in [6, 6.07) is 3.69. The lowest BCUT2D eigenvalue weighted by Gasteiger charge is -2.37. The van der Waals surface area contributed by atoms with Gasteiger partial charge in [0.25, 0.3) is 10.0 Å². The van der Waals surface area contributed by atoms with Crippen LogP contribution in [0.3, 0.4) is 0 Å². The first-order chi connectivity index (χ1) is 18.5. The molecule has 0 radical (unpaired) electrons. The number of carbonyl (C=O) groups excluding carboxylic acids is 1. The summed E-state index contributed by atoms with van der Waals surface area (Å²) in [5.41, 5.74) is -6.14. The number of nitrogens with one attached hydrogen (secondary N) is 1. The van der Waals surface area contributed by atoms with E-state index in [1.54, 1.807) is 0 Å². The number of nitrogens with zero attached hydrogens (tertiary/aromatic N) is 2. The standard InChI is InChI=1S/C24H25F6N3O7S/c1-21(2,19(34)35)9-15-12-33(41(37,38)16-7-13(10-31-11-16)23(25,26)27)17-8-14(5-6-18(17)39-15)32-20(36)40-22(3,4)24(28,29)30/h5-8,10-11,15H,9,12H2,1-4H3,(H,32,36)(H,34,35). The quantitative estimate of drug-likeness (QED) is 0.394. The number of anilines is 2. The molecule has 0 saturated heterocycles. The molecule has 1 unspecified atom stereocenters. The van der Waals surface area contributed by atoms with Crippen LogP contribution < -0.4 is 14.4 Å². The van der Waals surface area contributed by atoms with Gasteiger partial charge in [0.05, 0.1) is 23.2 Å². The Labute approximate surface area is 230 Å². The number of pyridine rings is 1. The lowest BCUT2D eigenvalue weighted by molar-refractivity contribution is -0.242. The molecule has 1 aromatic heterocycles. The fourth-order valence-corrected chi connectivity index (χ4v) is 5.14. The Kier molecular flexibility index (Phi) is 8.19. The van der Waals surface area contributed by atoms with Gasteiger partial charge in [-0.1, -0.05) is 0 Å². The number of hydrogen-bond acceptors (Lipinski definition) is 7. The first-order valence-corrected chi connectivity index (χ1v) is 13.1. The Bertz CT molecular complexity index is 1440. The van der Waals surface area contributed by atoms with E-state index in [4.69, 9.17) is 4.74 Å². The second kappa shape index (κ2) is 10.6. The molecule has 10 nitrogen and oxygen atoms in total. The summed E-state index contributed by atoms with van der Waals surface area (Å²) in [5.74, 6) is -1.37. The molecule has 2 aromatic rings. The van der Waals surface area contributed by atoms with Crippen LogP contribution in [-0.2, 0) is 25.7 Å². The average molecular weight is 614 g/mol. The number of sulfonamides is 1. The maximum atomic E-state index is 13.6. The fourth-order valence-electron chi connectivity index (χ4n) is 3.66. The van der Waals surface area contributed by atoms with Crippen molar-refractivity contribution in [2.45, 2.75) is 63.1 Å². The van der Waals surface area contributed by atoms with E-state index in [-0.39, 0.29) is 23.5 Å². The highest BCUT2D eigenvalue weighted by Gasteiger charge is 2.51. The maximum Gasteiger partial charge on any atom is 0.427 e. The smallest absolute Gasteiger partial charge is 0.427 e. The Morgan fingerprint density at radius 1 is 1.10 bits per heavy atom. The number of fused-ring (bicyclic) bond motifs is 1. The number of amides is 1. The number of carboxylic acids is 1. The molecule has 2 heterocycles. The van der Waals surface area contributed by atoms with Gasteiger partial charge in [-0.15, -0.1) is 0 Å². The molecule has 3 rings (SSSR count). The molecule has 41 heavy (non-hydrogen) atoms. The molecule has 0 fully saturated rings. The third-order valence-corrected chi connectivity index (χ3v) is 7.86. The van der Waals surface area contributed by atoms with Crippen LogP contribution in [-0.4, -0.2) is 55.0 Å². The maximum absolute atomic E-state index is 13.6. The van der Waals surface area contributed by atoms with Gasteiger partial charge in [-0.3, -0.25) is 19.4 Å². The number of rotatable bonds is 7. The van der Waals surface area contributed by atoms with E-state index in [0.717, 1.165) is 18.2 Å². The number of carboxylic acid groups (broad SMARTS) is 1. The van der Waals surface area contributed by atoms with Crippen molar-refractivity contribution in [3.63, 3.8) is 0 Å². The van der Waals surface area contributed by atoms with Crippen LogP contribution in [0.4, 0.5) is 42.5 Å². The largest absolute Gasteiger partial charge is 0.486 e. The Morgan fingerprint density at radius 3 is 2.29 bits per heavy atom. The minimum Gasteiger partial charge on any atom is -0.486 e. The lowest BCUT2D eigenvalue weighted by atomic mass is 9.86. The molecule has 1 amide bonds. The van der Waals surface area contributed by atoms with Crippen LogP contribution in [0.1, 0.15) is 39.7 Å². The molecule has 0 saturated carbocycles. The van der Waals surface area contributed by atoms with Crippen molar-refractivity contribution in [1.29, 1.82) is 0 Å². The van der Waals surface area contributed by atoms with Crippen LogP contribution in [0.25, 0.3) is 0 Å². The van der Waals surface area contributed by atoms with Crippen LogP contribution in [0.5, 0.6) is 5.75 Å². The summed E-state index contributed by atoms with van der Waals surface area (Å²) in [6.07, 6.45) is -11.5. The number of halogens is 6. The van der Waals surface area contributed by atoms with Gasteiger partial charge in [-0.25, -0.2) is 13.2 Å². The van der Waals surface area contributed by atoms with Crippen molar-refractivity contribution in [2.24, 2.45) is 5.41 Å². The molecule has 0 bridgehead atoms. The highest BCUT2D eigenvalue weighted by molar-refractivity contribution is 7.92. The number of aromatic nitrogens is 1. The average Bonchev–Trinajstić information content (AvgIpc) is 2.81. The van der Waals surface area contributed by atoms with Gasteiger partial charge in [-0.2, -0.15) is 26.3 Å². The van der Waals surface area contributed by atoms with Crippen molar-refractivity contribution < 1.29 is 58.9 Å². The van der Waals surface area contributed by atoms with Crippen LogP contribution in [0.15, 0.2) is 41.6 Å². The zero-order valence-electron chi connectivity index (χ0n) is 21.9. The van der Waals surface area contributed by atoms with Crippen molar-refractivity contribution in [1.82, 2.24) is 4.98 Å². The third kappa shape index (κ3) is 6.94. The summed E-state index contributed by atoms with van der Waals surface area (Å²) in [6.45, 7) is 3.40. The molecule has 1 aliphatic heterocycles. The number of hydrogen-bond donors (Lipinski definition) is 2. The third-order valence-electron chi connectivity index (χ3n) is 6.11. The van der Waals surface area contributed by atoms with Crippen molar-refractivity contribution in [3.8, 4) is 5.75 Å². The number of benzene rings is 1. The van der Waals surface area contributed by atoms with Gasteiger partial charge in [0.15, 0.2) is 0 Å². The molecular formula is C24H25F6N3O7S. The molecule has 1 aliphatic rings. The van der Waals surface area contributed by atoms with Gasteiger partial charge < -0.3 is 14.6 Å². The highest BCUT2D eigenvalue weighted by atomic mass is 32.2. The van der Waals surface area contributed by atoms with Crippen molar-refractivity contribution in [3.05, 3.63) is 42.2 Å². The Hall–Kier alpha value is -3.76. The van der Waals surface area contributed by atoms with E-state index in [0.29, 0.717) is 36.6 Å². The first-order valence-electron chi connectivity index (χ1n) is 11.7. The number of ether oxygens (including phenoxy) is 2. The summed E-state index contributed by atoms with van der Waals surface area (Å²) >= 11 is 0. The SMILES string of the molecule is CC(C)(CC1CN(S(=O)(=O)c2cncc(C(F)(F)F)c2)c2cc(NC(=O)OC(C)(C)C(F)(F)F)ccc2O1)C(=O)O. The molecular weight excluding hydrogens is 588 g/mol. The van der Waals surface area contributed by atoms with E-state index < -0.39 is 68.6 Å². The zero-order chi connectivity index (χ0) is 31.2. The van der Waals surface area contributed by atoms with E-state index in [2.05, 4.69) is 9.72 Å². The minimum atomic E-state index is -4.92. The zero-order valence-corrected chi connectivity index (χ0v) is 22.7. The minimum absolute atomic E-state index is 0.152. The predicted octanol–water partition coefficient (Wildman–Crippen LogP) is 5.45. The van der Waals surface area contributed by atoms with E-state index in [1.807, 2.05) is 5.32 Å². The van der Waals surface area contributed by atoms with Gasteiger partial charge in [0.1, 0.15) is 16.7 Å². The molecule has 2 N–H and O–H groups in total. The second-order valence-electron chi connectivity index (χ2n) is 10.3. The summed E-state index contributed by atoms with van der Waals surface area (Å²) in [5, 5.41) is 11.6. The molecule has 1 atom stereocenters. The molecule has 0 spiro atoms. The number of aliphatic carboxylic acids is 1. The Balaban J connectivity index is 2.05. The fraction of sp³-hybridized carbons (Fsp3) is 0.458. The summed E-state index contributed by atoms with van der Waals surface area (Å²) in [7, 11) is -4.81. The van der Waals surface area contributed by atoms with Crippen molar-refractivity contribution >= 4 is 33.5 Å². The molecule has 17 heteroatoms. The van der Waals surface area contributed by atoms with Crippen LogP contribution in [0.2, 0.25) is 0 Å². The van der Waals surface area contributed by atoms with E-state index >= 15 is 0 Å². The van der Waals surface area contributed by atoms with Gasteiger partial charge >= 0.3 is 24.4 Å². The molecule has 1 aromatic carbocycles. The summed E-state index contributed by atoms with van der Waals surface area (Å²) in [4.78, 5) is 26.4. The monoisotopic (exact) mass is 613 g/mol. The van der Waals surface area contributed by atoms with E-state index in [1.165, 1.54) is 13.8 Å². The normalized spacial score (nSPS) is 16.4. The van der Waals surface area contributed by atoms with Crippen LogP contribution >= 0.6 is 0 Å². The van der Waals surface area contributed by atoms with E-state index in [9.17, 15) is 49.5 Å². The van der Waals surface area contributed by atoms with Gasteiger partial charge in [0, 0.05) is 24.5 Å². The molecule has 226 valence electrons. The van der Waals surface area contributed by atoms with Gasteiger partial charge in [0.2, 0.25) is 5.60 Å². The predicted molar refractivity (Wildman–Crippen MR) is 131 cm³/mol. The lowest BCUT2D eigenvalue weighted by Crippen LogP contribution is -2.46.